The Morgan fingerprint density at radius 2 is 1.77 bits per heavy atom. The van der Waals surface area contributed by atoms with Crippen molar-refractivity contribution in [1.29, 1.82) is 0 Å². The van der Waals surface area contributed by atoms with Crippen molar-refractivity contribution in [3.8, 4) is 0 Å². The lowest BCUT2D eigenvalue weighted by Gasteiger charge is -2.53. The topological polar surface area (TPSA) is 91.0 Å². The number of rotatable bonds is 14. The average molecular weight is 489 g/mol. The molecule has 1 aliphatic heterocycles. The smallest absolute Gasteiger partial charge is 0.326 e. The van der Waals surface area contributed by atoms with Gasteiger partial charge in [0.2, 0.25) is 11.8 Å². The molecular formula is C27H44N4O4. The molecule has 0 aromatic heterocycles. The number of likely N-dealkylation sites (N-methyl/N-ethyl adjacent to an activating group) is 2. The van der Waals surface area contributed by atoms with Gasteiger partial charge in [0, 0.05) is 19.6 Å². The van der Waals surface area contributed by atoms with E-state index in [2.05, 4.69) is 17.6 Å². The highest BCUT2D eigenvalue weighted by molar-refractivity contribution is 6.03. The maximum atomic E-state index is 13.3. The summed E-state index contributed by atoms with van der Waals surface area (Å²) in [5.41, 5.74) is 1.36. The molecule has 0 bridgehead atoms. The number of hydrogen-bond acceptors (Lipinski definition) is 5. The number of β-lactam (4-membered cyclic amide) rings is 1. The van der Waals surface area contributed by atoms with Gasteiger partial charge in [-0.25, -0.2) is 9.69 Å². The van der Waals surface area contributed by atoms with Gasteiger partial charge in [0.05, 0.1) is 11.5 Å². The molecule has 2 N–H and O–H groups in total. The zero-order valence-electron chi connectivity index (χ0n) is 22.4. The minimum Gasteiger partial charge on any atom is -0.347 e. The highest BCUT2D eigenvalue weighted by Gasteiger charge is 2.62. The fourth-order valence-corrected chi connectivity index (χ4v) is 4.69. The van der Waals surface area contributed by atoms with Gasteiger partial charge < -0.3 is 20.3 Å². The summed E-state index contributed by atoms with van der Waals surface area (Å²) in [6.07, 6.45) is 1.96. The molecule has 2 rings (SSSR count). The monoisotopic (exact) mass is 488 g/mol. The fraction of sp³-hybridized carbons (Fsp3) is 0.667. The van der Waals surface area contributed by atoms with Crippen LogP contribution in [-0.2, 0) is 14.3 Å². The molecule has 2 atom stereocenters. The SMILES string of the molecule is CCC[C@@H](NC(=O)N1C(=O)C(CC)(CC)C1OCC(=O)N(CC)CCNCC)c1ccc(C)cc1. The van der Waals surface area contributed by atoms with Crippen LogP contribution in [0.25, 0.3) is 0 Å². The third-order valence-corrected chi connectivity index (χ3v) is 7.09. The van der Waals surface area contributed by atoms with Gasteiger partial charge in [-0.1, -0.05) is 63.9 Å². The number of carbonyl (C=O) groups is 3. The van der Waals surface area contributed by atoms with E-state index in [1.165, 1.54) is 4.90 Å². The van der Waals surface area contributed by atoms with Crippen LogP contribution < -0.4 is 10.6 Å². The highest BCUT2D eigenvalue weighted by Crippen LogP contribution is 2.46. The molecule has 8 nitrogen and oxygen atoms in total. The number of nitrogens with zero attached hydrogens (tertiary/aromatic N) is 2. The van der Waals surface area contributed by atoms with Gasteiger partial charge in [-0.05, 0) is 45.2 Å². The number of imide groups is 1. The first-order chi connectivity index (χ1) is 16.8. The molecule has 1 aromatic rings. The van der Waals surface area contributed by atoms with E-state index in [-0.39, 0.29) is 24.5 Å². The summed E-state index contributed by atoms with van der Waals surface area (Å²) in [7, 11) is 0. The summed E-state index contributed by atoms with van der Waals surface area (Å²) < 4.78 is 6.03. The van der Waals surface area contributed by atoms with E-state index < -0.39 is 17.7 Å². The van der Waals surface area contributed by atoms with Crippen molar-refractivity contribution in [3.63, 3.8) is 0 Å². The predicted octanol–water partition coefficient (Wildman–Crippen LogP) is 4.00. The summed E-state index contributed by atoms with van der Waals surface area (Å²) >= 11 is 0. The van der Waals surface area contributed by atoms with Gasteiger partial charge in [0.25, 0.3) is 0 Å². The minimum atomic E-state index is -0.789. The number of carbonyl (C=O) groups excluding carboxylic acids is 3. The Kier molecular flexibility index (Phi) is 11.2. The number of amides is 4. The molecule has 0 aliphatic carbocycles. The summed E-state index contributed by atoms with van der Waals surface area (Å²) in [6.45, 7) is 14.4. The van der Waals surface area contributed by atoms with Crippen molar-refractivity contribution in [1.82, 2.24) is 20.4 Å². The van der Waals surface area contributed by atoms with Gasteiger partial charge in [-0.15, -0.1) is 0 Å². The Morgan fingerprint density at radius 3 is 2.31 bits per heavy atom. The third kappa shape index (κ3) is 6.61. The number of aryl methyl sites for hydroxylation is 1. The van der Waals surface area contributed by atoms with Crippen LogP contribution in [0.15, 0.2) is 24.3 Å². The van der Waals surface area contributed by atoms with Crippen LogP contribution in [0, 0.1) is 12.3 Å². The van der Waals surface area contributed by atoms with Gasteiger partial charge >= 0.3 is 6.03 Å². The van der Waals surface area contributed by atoms with E-state index >= 15 is 0 Å². The molecule has 1 fully saturated rings. The van der Waals surface area contributed by atoms with E-state index in [1.807, 2.05) is 58.9 Å². The van der Waals surface area contributed by atoms with E-state index in [4.69, 9.17) is 4.74 Å². The fourth-order valence-electron chi connectivity index (χ4n) is 4.69. The molecule has 4 amide bonds. The second-order valence-electron chi connectivity index (χ2n) is 9.23. The molecule has 1 aliphatic rings. The van der Waals surface area contributed by atoms with E-state index in [0.29, 0.717) is 32.5 Å². The Labute approximate surface area is 210 Å². The molecule has 35 heavy (non-hydrogen) atoms. The first-order valence-corrected chi connectivity index (χ1v) is 13.1. The maximum absolute atomic E-state index is 13.3. The lowest BCUT2D eigenvalue weighted by molar-refractivity contribution is -0.212. The molecule has 196 valence electrons. The predicted molar refractivity (Wildman–Crippen MR) is 138 cm³/mol. The van der Waals surface area contributed by atoms with Gasteiger partial charge in [0.15, 0.2) is 6.23 Å². The first-order valence-electron chi connectivity index (χ1n) is 13.1. The van der Waals surface area contributed by atoms with Gasteiger partial charge in [-0.2, -0.15) is 0 Å². The van der Waals surface area contributed by atoms with E-state index in [9.17, 15) is 14.4 Å². The van der Waals surface area contributed by atoms with E-state index in [1.54, 1.807) is 4.90 Å². The van der Waals surface area contributed by atoms with Crippen LogP contribution in [-0.4, -0.2) is 66.7 Å². The molecule has 1 saturated heterocycles. The number of hydrogen-bond donors (Lipinski definition) is 2. The number of urea groups is 1. The quantitative estimate of drug-likeness (QED) is 0.305. The molecule has 8 heteroatoms. The van der Waals surface area contributed by atoms with Crippen molar-refractivity contribution in [3.05, 3.63) is 35.4 Å². The van der Waals surface area contributed by atoms with Crippen LogP contribution in [0.2, 0.25) is 0 Å². The lowest BCUT2D eigenvalue weighted by atomic mass is 9.72. The number of likely N-dealkylation sites (tertiary alicyclic amines) is 1. The van der Waals surface area contributed by atoms with Gasteiger partial charge in [0.1, 0.15) is 6.61 Å². The number of ether oxygens (including phenoxy) is 1. The lowest BCUT2D eigenvalue weighted by Crippen LogP contribution is -2.72. The van der Waals surface area contributed by atoms with Crippen molar-refractivity contribution in [2.24, 2.45) is 5.41 Å². The molecule has 1 unspecified atom stereocenters. The first kappa shape index (κ1) is 28.8. The second-order valence-corrected chi connectivity index (χ2v) is 9.23. The van der Waals surface area contributed by atoms with Crippen LogP contribution in [0.5, 0.6) is 0 Å². The molecule has 0 radical (unpaired) electrons. The second kappa shape index (κ2) is 13.6. The average Bonchev–Trinajstić information content (AvgIpc) is 2.85. The van der Waals surface area contributed by atoms with Crippen LogP contribution in [0.1, 0.15) is 77.5 Å². The summed E-state index contributed by atoms with van der Waals surface area (Å²) in [5, 5.41) is 6.26. The molecular weight excluding hydrogens is 444 g/mol. The standard InChI is InChI=1S/C27H44N4O4/c1-7-12-22(21-15-13-20(6)14-16-21)29-26(34)31-24(33)27(8-2,9-3)25(31)35-19-23(32)30(11-5)18-17-28-10-4/h13-16,22,25,28H,7-12,17-19H2,1-6H3,(H,29,34)/t22-,25?/m1/s1. The summed E-state index contributed by atoms with van der Waals surface area (Å²) in [5.74, 6) is -0.383. The Balaban J connectivity index is 2.14. The van der Waals surface area contributed by atoms with Crippen molar-refractivity contribution < 1.29 is 19.1 Å². The van der Waals surface area contributed by atoms with Crippen LogP contribution >= 0.6 is 0 Å². The molecule has 1 aromatic carbocycles. The maximum Gasteiger partial charge on any atom is 0.326 e. The molecule has 0 saturated carbocycles. The minimum absolute atomic E-state index is 0.144. The van der Waals surface area contributed by atoms with E-state index in [0.717, 1.165) is 30.5 Å². The largest absolute Gasteiger partial charge is 0.347 e. The van der Waals surface area contributed by atoms with Crippen LogP contribution in [0.4, 0.5) is 4.79 Å². The van der Waals surface area contributed by atoms with Crippen molar-refractivity contribution >= 4 is 17.8 Å². The molecule has 0 spiro atoms. The zero-order valence-corrected chi connectivity index (χ0v) is 22.4. The van der Waals surface area contributed by atoms with Gasteiger partial charge in [-0.3, -0.25) is 9.59 Å². The zero-order chi connectivity index (χ0) is 26.0. The molecule has 1 heterocycles. The summed E-state index contributed by atoms with van der Waals surface area (Å²) in [4.78, 5) is 42.2. The Bertz CT molecular complexity index is 838. The summed E-state index contributed by atoms with van der Waals surface area (Å²) in [6, 6.07) is 7.38. The highest BCUT2D eigenvalue weighted by atomic mass is 16.5. The van der Waals surface area contributed by atoms with Crippen molar-refractivity contribution in [2.45, 2.75) is 79.5 Å². The third-order valence-electron chi connectivity index (χ3n) is 7.09. The van der Waals surface area contributed by atoms with Crippen molar-refractivity contribution in [2.75, 3.05) is 32.8 Å². The van der Waals surface area contributed by atoms with Crippen LogP contribution in [0.3, 0.4) is 0 Å². The number of benzene rings is 1. The number of nitrogens with one attached hydrogen (secondary N) is 2. The normalized spacial score (nSPS) is 17.6. The Morgan fingerprint density at radius 1 is 1.11 bits per heavy atom. The Hall–Kier alpha value is -2.45.